The first-order chi connectivity index (χ1) is 13.1. The molecule has 0 radical (unpaired) electrons. The number of amides is 2. The van der Waals surface area contributed by atoms with Crippen molar-refractivity contribution < 1.29 is 14.0 Å². The monoisotopic (exact) mass is 381 g/mol. The van der Waals surface area contributed by atoms with Crippen LogP contribution >= 0.6 is 11.8 Å². The third-order valence-corrected chi connectivity index (χ3v) is 5.05. The van der Waals surface area contributed by atoms with Crippen molar-refractivity contribution in [3.8, 4) is 6.07 Å². The minimum absolute atomic E-state index is 0.0474. The van der Waals surface area contributed by atoms with Gasteiger partial charge in [-0.25, -0.2) is 4.39 Å². The number of hydrogen-bond donors (Lipinski definition) is 2. The van der Waals surface area contributed by atoms with Gasteiger partial charge in [0.2, 0.25) is 11.8 Å². The topological polar surface area (TPSA) is 82.0 Å². The molecule has 1 aliphatic heterocycles. The summed E-state index contributed by atoms with van der Waals surface area (Å²) in [4.78, 5) is 24.2. The summed E-state index contributed by atoms with van der Waals surface area (Å²) in [6.45, 7) is 0. The molecule has 0 aromatic heterocycles. The Morgan fingerprint density at radius 2 is 1.93 bits per heavy atom. The summed E-state index contributed by atoms with van der Waals surface area (Å²) in [5.41, 5.74) is 1.74. The first kappa shape index (κ1) is 18.7. The molecule has 27 heavy (non-hydrogen) atoms. The number of nitriles is 1. The molecule has 2 aromatic rings. The number of carbonyl (C=O) groups is 2. The fourth-order valence-electron chi connectivity index (χ4n) is 2.77. The average molecular weight is 381 g/mol. The lowest BCUT2D eigenvalue weighted by Crippen LogP contribution is -2.31. The van der Waals surface area contributed by atoms with Crippen molar-refractivity contribution in [1.82, 2.24) is 5.32 Å². The molecule has 2 aromatic carbocycles. The number of allylic oxidation sites excluding steroid dienone is 1. The molecule has 0 bridgehead atoms. The van der Waals surface area contributed by atoms with Gasteiger partial charge in [0.05, 0.1) is 22.4 Å². The van der Waals surface area contributed by atoms with Crippen molar-refractivity contribution in [2.75, 3.05) is 11.1 Å². The maximum Gasteiger partial charge on any atom is 0.234 e. The molecule has 2 N–H and O–H groups in total. The molecule has 0 saturated heterocycles. The van der Waals surface area contributed by atoms with E-state index in [1.807, 2.05) is 18.2 Å². The van der Waals surface area contributed by atoms with Gasteiger partial charge >= 0.3 is 0 Å². The molecule has 5 nitrogen and oxygen atoms in total. The summed E-state index contributed by atoms with van der Waals surface area (Å²) in [5.74, 6) is -1.27. The highest BCUT2D eigenvalue weighted by Gasteiger charge is 2.29. The second-order valence-corrected chi connectivity index (χ2v) is 6.90. The van der Waals surface area contributed by atoms with Crippen LogP contribution in [0.1, 0.15) is 17.9 Å². The first-order valence-corrected chi connectivity index (χ1v) is 9.22. The Bertz CT molecular complexity index is 920. The standard InChI is InChI=1S/C20H16FN3O2S/c21-14-8-6-13(7-9-14)16-10-18(25)24-20(17(16)11-22)27-12-19(26)23-15-4-2-1-3-5-15/h1-9,16H,10,12H2,(H,23,26)(H,24,25)/t16-/m0/s1. The average Bonchev–Trinajstić information content (AvgIpc) is 2.67. The fourth-order valence-corrected chi connectivity index (χ4v) is 3.65. The van der Waals surface area contributed by atoms with E-state index in [1.54, 1.807) is 24.3 Å². The zero-order chi connectivity index (χ0) is 19.2. The lowest BCUT2D eigenvalue weighted by Gasteiger charge is -2.25. The third kappa shape index (κ3) is 4.74. The van der Waals surface area contributed by atoms with Crippen LogP contribution in [0.25, 0.3) is 0 Å². The molecule has 3 rings (SSSR count). The van der Waals surface area contributed by atoms with Crippen LogP contribution in [-0.2, 0) is 9.59 Å². The molecule has 0 spiro atoms. The largest absolute Gasteiger partial charge is 0.325 e. The van der Waals surface area contributed by atoms with Crippen LogP contribution in [0, 0.1) is 17.1 Å². The summed E-state index contributed by atoms with van der Waals surface area (Å²) >= 11 is 1.10. The van der Waals surface area contributed by atoms with E-state index in [4.69, 9.17) is 0 Å². The van der Waals surface area contributed by atoms with Gasteiger partial charge in [-0.2, -0.15) is 5.26 Å². The van der Waals surface area contributed by atoms with Gasteiger partial charge < -0.3 is 10.6 Å². The van der Waals surface area contributed by atoms with Gasteiger partial charge in [0.1, 0.15) is 5.82 Å². The molecule has 7 heteroatoms. The minimum atomic E-state index is -0.455. The Kier molecular flexibility index (Phi) is 5.89. The normalized spacial score (nSPS) is 16.4. The second kappa shape index (κ2) is 8.52. The van der Waals surface area contributed by atoms with Crippen LogP contribution < -0.4 is 10.6 Å². The van der Waals surface area contributed by atoms with E-state index in [2.05, 4.69) is 16.7 Å². The molecule has 136 valence electrons. The fraction of sp³-hybridized carbons (Fsp3) is 0.150. The smallest absolute Gasteiger partial charge is 0.234 e. The summed E-state index contributed by atoms with van der Waals surface area (Å²) in [6, 6.07) is 16.9. The lowest BCUT2D eigenvalue weighted by molar-refractivity contribution is -0.121. The van der Waals surface area contributed by atoms with Crippen LogP contribution in [0.2, 0.25) is 0 Å². The molecule has 0 aliphatic carbocycles. The molecular weight excluding hydrogens is 365 g/mol. The Morgan fingerprint density at radius 1 is 1.22 bits per heavy atom. The van der Waals surface area contributed by atoms with Gasteiger partial charge in [-0.1, -0.05) is 42.1 Å². The van der Waals surface area contributed by atoms with Gasteiger partial charge in [-0.3, -0.25) is 9.59 Å². The number of para-hydroxylation sites is 1. The van der Waals surface area contributed by atoms with Gasteiger partial charge in [0.15, 0.2) is 0 Å². The van der Waals surface area contributed by atoms with E-state index in [1.165, 1.54) is 12.1 Å². The second-order valence-electron chi connectivity index (χ2n) is 5.91. The van der Waals surface area contributed by atoms with E-state index in [-0.39, 0.29) is 29.8 Å². The first-order valence-electron chi connectivity index (χ1n) is 8.24. The van der Waals surface area contributed by atoms with E-state index in [0.717, 1.165) is 11.8 Å². The molecule has 1 heterocycles. The maximum atomic E-state index is 13.2. The summed E-state index contributed by atoms with van der Waals surface area (Å²) in [6.07, 6.45) is 0.106. The van der Waals surface area contributed by atoms with Crippen LogP contribution in [-0.4, -0.2) is 17.6 Å². The van der Waals surface area contributed by atoms with Crippen molar-refractivity contribution in [3.05, 3.63) is 76.6 Å². The quantitative estimate of drug-likeness (QED) is 0.830. The molecule has 1 aliphatic rings. The van der Waals surface area contributed by atoms with Gasteiger partial charge in [-0.15, -0.1) is 0 Å². The number of carbonyl (C=O) groups excluding carboxylic acids is 2. The van der Waals surface area contributed by atoms with Crippen molar-refractivity contribution in [2.24, 2.45) is 0 Å². The number of benzene rings is 2. The number of hydrogen-bond acceptors (Lipinski definition) is 4. The Labute approximate surface area is 160 Å². The predicted molar refractivity (Wildman–Crippen MR) is 102 cm³/mol. The summed E-state index contributed by atoms with van der Waals surface area (Å²) in [7, 11) is 0. The van der Waals surface area contributed by atoms with Gasteiger partial charge in [-0.05, 0) is 29.8 Å². The van der Waals surface area contributed by atoms with Crippen molar-refractivity contribution in [2.45, 2.75) is 12.3 Å². The van der Waals surface area contributed by atoms with E-state index < -0.39 is 5.92 Å². The zero-order valence-corrected chi connectivity index (χ0v) is 15.1. The summed E-state index contributed by atoms with van der Waals surface area (Å²) in [5, 5.41) is 15.4. The highest BCUT2D eigenvalue weighted by Crippen LogP contribution is 2.35. The van der Waals surface area contributed by atoms with Gasteiger partial charge in [0, 0.05) is 18.0 Å². The zero-order valence-electron chi connectivity index (χ0n) is 14.2. The van der Waals surface area contributed by atoms with Gasteiger partial charge in [0.25, 0.3) is 0 Å². The van der Waals surface area contributed by atoms with Crippen LogP contribution in [0.4, 0.5) is 10.1 Å². The molecule has 1 atom stereocenters. The van der Waals surface area contributed by atoms with Crippen LogP contribution in [0.15, 0.2) is 65.2 Å². The summed E-state index contributed by atoms with van der Waals surface area (Å²) < 4.78 is 13.2. The molecule has 0 unspecified atom stereocenters. The molecular formula is C20H16FN3O2S. The van der Waals surface area contributed by atoms with E-state index in [0.29, 0.717) is 21.9 Å². The third-order valence-electron chi connectivity index (χ3n) is 4.03. The number of nitrogens with one attached hydrogen (secondary N) is 2. The number of rotatable bonds is 5. The van der Waals surface area contributed by atoms with E-state index in [9.17, 15) is 19.2 Å². The Morgan fingerprint density at radius 3 is 2.59 bits per heavy atom. The van der Waals surface area contributed by atoms with Crippen molar-refractivity contribution in [3.63, 3.8) is 0 Å². The van der Waals surface area contributed by atoms with Crippen molar-refractivity contribution >= 4 is 29.3 Å². The Hall–Kier alpha value is -3.11. The lowest BCUT2D eigenvalue weighted by atomic mass is 9.87. The highest BCUT2D eigenvalue weighted by atomic mass is 32.2. The van der Waals surface area contributed by atoms with Crippen LogP contribution in [0.5, 0.6) is 0 Å². The number of nitrogens with zero attached hydrogens (tertiary/aromatic N) is 1. The van der Waals surface area contributed by atoms with Crippen molar-refractivity contribution in [1.29, 1.82) is 5.26 Å². The minimum Gasteiger partial charge on any atom is -0.325 e. The predicted octanol–water partition coefficient (Wildman–Crippen LogP) is 3.54. The number of halogens is 1. The number of thioether (sulfide) groups is 1. The number of anilines is 1. The molecule has 2 amide bonds. The maximum absolute atomic E-state index is 13.2. The van der Waals surface area contributed by atoms with E-state index >= 15 is 0 Å². The SMILES string of the molecule is N#CC1=C(SCC(=O)Nc2ccccc2)NC(=O)C[C@H]1c1ccc(F)cc1. The highest BCUT2D eigenvalue weighted by molar-refractivity contribution is 8.03. The molecule has 0 saturated carbocycles. The molecule has 0 fully saturated rings. The van der Waals surface area contributed by atoms with Crippen LogP contribution in [0.3, 0.4) is 0 Å². The Balaban J connectivity index is 1.75.